The first-order chi connectivity index (χ1) is 16.6. The molecular weight excluding hydrogens is 517 g/mol. The number of thioether (sulfide) groups is 1. The van der Waals surface area contributed by atoms with Crippen molar-refractivity contribution in [2.45, 2.75) is 43.7 Å². The third-order valence-electron chi connectivity index (χ3n) is 6.01. The highest BCUT2D eigenvalue weighted by Crippen LogP contribution is 2.53. The lowest BCUT2D eigenvalue weighted by Gasteiger charge is -2.46. The number of rotatable bonds is 6. The van der Waals surface area contributed by atoms with Crippen molar-refractivity contribution in [2.24, 2.45) is 16.6 Å². The molecule has 0 aliphatic carbocycles. The summed E-state index contributed by atoms with van der Waals surface area (Å²) in [6.07, 6.45) is -6.54. The molecule has 0 spiro atoms. The van der Waals surface area contributed by atoms with Gasteiger partial charge in [0.1, 0.15) is 11.4 Å². The largest absolute Gasteiger partial charge is 0.483 e. The Bertz CT molecular complexity index is 1180. The van der Waals surface area contributed by atoms with E-state index < -0.39 is 58.5 Å². The van der Waals surface area contributed by atoms with Crippen LogP contribution in [0.1, 0.15) is 36.8 Å². The van der Waals surface area contributed by atoms with Crippen LogP contribution in [0.4, 0.5) is 36.4 Å². The molecule has 3 atom stereocenters. The van der Waals surface area contributed by atoms with Crippen LogP contribution in [-0.4, -0.2) is 40.0 Å². The number of carbonyl (C=O) groups is 1. The van der Waals surface area contributed by atoms with Gasteiger partial charge in [-0.25, -0.2) is 22.5 Å². The number of nitrogens with one attached hydrogen (secondary N) is 1. The molecule has 36 heavy (non-hydrogen) atoms. The molecule has 2 aromatic rings. The lowest BCUT2D eigenvalue weighted by molar-refractivity contribution is -0.153. The van der Waals surface area contributed by atoms with Crippen molar-refractivity contribution in [3.8, 4) is 5.75 Å². The zero-order chi connectivity index (χ0) is 27.1. The first kappa shape index (κ1) is 27.6. The van der Waals surface area contributed by atoms with Gasteiger partial charge in [-0.3, -0.25) is 9.79 Å². The number of hydrogen-bond donors (Lipinski definition) is 2. The normalized spacial score (nSPS) is 24.4. The number of aliphatic imine (C=N–C) groups is 1. The summed E-state index contributed by atoms with van der Waals surface area (Å²) >= 11 is 0.641. The predicted octanol–water partition coefficient (Wildman–Crippen LogP) is 5.49. The highest BCUT2D eigenvalue weighted by Gasteiger charge is 2.54. The van der Waals surface area contributed by atoms with Crippen LogP contribution in [0.25, 0.3) is 0 Å². The molecular formula is C22H21F7N4O2S. The van der Waals surface area contributed by atoms with E-state index in [0.29, 0.717) is 17.8 Å². The van der Waals surface area contributed by atoms with E-state index >= 15 is 0 Å². The zero-order valence-electron chi connectivity index (χ0n) is 19.1. The maximum Gasteiger partial charge on any atom is 0.422 e. The average molecular weight is 538 g/mol. The van der Waals surface area contributed by atoms with Gasteiger partial charge in [-0.1, -0.05) is 18.7 Å². The van der Waals surface area contributed by atoms with Crippen LogP contribution in [0, 0.1) is 17.6 Å². The Morgan fingerprint density at radius 2 is 1.92 bits per heavy atom. The Morgan fingerprint density at radius 1 is 1.25 bits per heavy atom. The molecule has 1 amide bonds. The third kappa shape index (κ3) is 5.52. The molecule has 0 saturated heterocycles. The summed E-state index contributed by atoms with van der Waals surface area (Å²) in [5, 5.41) is 2.07. The van der Waals surface area contributed by atoms with Gasteiger partial charge in [0.05, 0.1) is 16.5 Å². The van der Waals surface area contributed by atoms with E-state index in [-0.39, 0.29) is 22.3 Å². The number of benzene rings is 1. The molecule has 0 saturated carbocycles. The minimum absolute atomic E-state index is 0.229. The van der Waals surface area contributed by atoms with Crippen LogP contribution in [0.15, 0.2) is 35.5 Å². The fourth-order valence-corrected chi connectivity index (χ4v) is 4.92. The summed E-state index contributed by atoms with van der Waals surface area (Å²) in [7, 11) is 0. The van der Waals surface area contributed by atoms with Crippen molar-refractivity contribution in [1.82, 2.24) is 4.98 Å². The van der Waals surface area contributed by atoms with E-state index in [0.717, 1.165) is 24.4 Å². The molecule has 0 fully saturated rings. The molecule has 3 N–H and O–H groups in total. The van der Waals surface area contributed by atoms with Gasteiger partial charge in [0.15, 0.2) is 23.4 Å². The first-order valence-corrected chi connectivity index (χ1v) is 11.2. The second-order valence-corrected chi connectivity index (χ2v) is 9.96. The minimum atomic E-state index is -4.56. The Labute approximate surface area is 205 Å². The quantitative estimate of drug-likeness (QED) is 0.475. The van der Waals surface area contributed by atoms with E-state index in [1.54, 1.807) is 0 Å². The molecule has 14 heteroatoms. The number of pyridine rings is 1. The molecule has 1 aromatic carbocycles. The summed E-state index contributed by atoms with van der Waals surface area (Å²) in [5.41, 5.74) is 3.18. The van der Waals surface area contributed by atoms with Crippen molar-refractivity contribution >= 4 is 28.5 Å². The third-order valence-corrected chi connectivity index (χ3v) is 7.28. The Kier molecular flexibility index (Phi) is 7.49. The monoisotopic (exact) mass is 538 g/mol. The number of alkyl halides is 5. The Balaban J connectivity index is 1.90. The van der Waals surface area contributed by atoms with Crippen LogP contribution in [0.5, 0.6) is 5.75 Å². The molecule has 196 valence electrons. The number of nitrogens with zero attached hydrogens (tertiary/aromatic N) is 2. The van der Waals surface area contributed by atoms with Crippen LogP contribution in [-0.2, 0) is 5.54 Å². The predicted molar refractivity (Wildman–Crippen MR) is 120 cm³/mol. The number of hydrogen-bond acceptors (Lipinski definition) is 6. The Morgan fingerprint density at radius 3 is 2.47 bits per heavy atom. The van der Waals surface area contributed by atoms with Gasteiger partial charge >= 0.3 is 6.18 Å². The van der Waals surface area contributed by atoms with Crippen molar-refractivity contribution in [2.75, 3.05) is 11.9 Å². The molecule has 1 aromatic heterocycles. The number of amidine groups is 1. The number of ether oxygens (including phenoxy) is 1. The van der Waals surface area contributed by atoms with Crippen molar-refractivity contribution in [3.63, 3.8) is 0 Å². The van der Waals surface area contributed by atoms with Crippen LogP contribution in [0.3, 0.4) is 0 Å². The SMILES string of the molecule is CC1[C@@](C)(C(F)F)SC(N)=N[C@]1(C)c1cc(NC(=O)c2ccc(OCC(F)(F)F)cn2)cc(F)c1F. The van der Waals surface area contributed by atoms with Crippen molar-refractivity contribution < 1.29 is 40.3 Å². The van der Waals surface area contributed by atoms with E-state index in [2.05, 4.69) is 20.0 Å². The summed E-state index contributed by atoms with van der Waals surface area (Å²) in [4.78, 5) is 20.4. The number of halogens is 7. The number of anilines is 1. The van der Waals surface area contributed by atoms with Crippen molar-refractivity contribution in [3.05, 3.63) is 53.4 Å². The maximum absolute atomic E-state index is 14.9. The molecule has 1 aliphatic rings. The fourth-order valence-electron chi connectivity index (χ4n) is 3.74. The molecule has 3 rings (SSSR count). The molecule has 0 radical (unpaired) electrons. The number of nitrogens with two attached hydrogens (primary N) is 1. The van der Waals surface area contributed by atoms with Gasteiger partial charge in [0.25, 0.3) is 12.3 Å². The van der Waals surface area contributed by atoms with Gasteiger partial charge in [-0.15, -0.1) is 0 Å². The van der Waals surface area contributed by atoms with E-state index in [9.17, 15) is 35.5 Å². The summed E-state index contributed by atoms with van der Waals surface area (Å²) in [6.45, 7) is 2.46. The minimum Gasteiger partial charge on any atom is -0.483 e. The van der Waals surface area contributed by atoms with Crippen molar-refractivity contribution in [1.29, 1.82) is 0 Å². The smallest absolute Gasteiger partial charge is 0.422 e. The standard InChI is InChI=1S/C22H21F7N4O2S/c1-10-20(2,33-19(30)36-21(10,3)18(25)26)13-6-11(7-14(23)16(13)24)32-17(34)15-5-4-12(8-31-15)35-9-22(27,28)29/h4-8,10,18H,9H2,1-3H3,(H2,30,33)(H,32,34)/t10?,20-,21-/m0/s1. The molecule has 1 unspecified atom stereocenters. The summed E-state index contributed by atoms with van der Waals surface area (Å²) in [6, 6.07) is 3.90. The van der Waals surface area contributed by atoms with Crippen LogP contribution >= 0.6 is 11.8 Å². The van der Waals surface area contributed by atoms with Gasteiger partial charge in [-0.05, 0) is 32.0 Å². The van der Waals surface area contributed by atoms with Gasteiger partial charge in [0.2, 0.25) is 0 Å². The summed E-state index contributed by atoms with van der Waals surface area (Å²) in [5.74, 6) is -4.87. The van der Waals surface area contributed by atoms with E-state index in [4.69, 9.17) is 5.73 Å². The number of aromatic nitrogens is 1. The molecule has 0 bridgehead atoms. The molecule has 6 nitrogen and oxygen atoms in total. The molecule has 2 heterocycles. The lowest BCUT2D eigenvalue weighted by atomic mass is 9.73. The average Bonchev–Trinajstić information content (AvgIpc) is 2.78. The van der Waals surface area contributed by atoms with Crippen LogP contribution < -0.4 is 15.8 Å². The number of amides is 1. The highest BCUT2D eigenvalue weighted by molar-refractivity contribution is 8.15. The van der Waals surface area contributed by atoms with Gasteiger partial charge < -0.3 is 15.8 Å². The number of carbonyl (C=O) groups excluding carboxylic acids is 1. The van der Waals surface area contributed by atoms with Gasteiger partial charge in [0, 0.05) is 23.2 Å². The highest BCUT2D eigenvalue weighted by atomic mass is 32.2. The zero-order valence-corrected chi connectivity index (χ0v) is 19.9. The Hall–Kier alpha value is -3.03. The summed E-state index contributed by atoms with van der Waals surface area (Å²) < 4.78 is 96.8. The molecule has 1 aliphatic heterocycles. The van der Waals surface area contributed by atoms with E-state index in [1.165, 1.54) is 20.8 Å². The second kappa shape index (κ2) is 9.79. The topological polar surface area (TPSA) is 89.6 Å². The van der Waals surface area contributed by atoms with Gasteiger partial charge in [-0.2, -0.15) is 13.2 Å². The maximum atomic E-state index is 14.9. The lowest BCUT2D eigenvalue weighted by Crippen LogP contribution is -2.52. The first-order valence-electron chi connectivity index (χ1n) is 10.4. The van der Waals surface area contributed by atoms with E-state index in [1.807, 2.05) is 0 Å². The van der Waals surface area contributed by atoms with Crippen LogP contribution in [0.2, 0.25) is 0 Å². The fraction of sp³-hybridized carbons (Fsp3) is 0.409. The second-order valence-electron chi connectivity index (χ2n) is 8.46.